The highest BCUT2D eigenvalue weighted by molar-refractivity contribution is 4.97. The molecule has 0 N–H and O–H groups in total. The van der Waals surface area contributed by atoms with E-state index in [1.165, 1.54) is 51.7 Å². The van der Waals surface area contributed by atoms with Crippen LogP contribution in [0.5, 0.6) is 0 Å². The fourth-order valence-corrected chi connectivity index (χ4v) is 3.10. The lowest BCUT2D eigenvalue weighted by Crippen LogP contribution is -2.29. The van der Waals surface area contributed by atoms with E-state index in [2.05, 4.69) is 24.5 Å². The summed E-state index contributed by atoms with van der Waals surface area (Å²) in [6.45, 7) is 10.3. The number of likely N-dealkylation sites (tertiary alicyclic amines) is 1. The van der Waals surface area contributed by atoms with Crippen LogP contribution in [0.3, 0.4) is 0 Å². The maximum absolute atomic E-state index is 3.83. The van der Waals surface area contributed by atoms with Gasteiger partial charge in [0.2, 0.25) is 0 Å². The summed E-state index contributed by atoms with van der Waals surface area (Å²) in [4.78, 5) is 2.71. The SMILES string of the molecule is C=CCCC(CCC)CN1CC2CC2C1. The van der Waals surface area contributed by atoms with Crippen LogP contribution in [-0.2, 0) is 0 Å². The van der Waals surface area contributed by atoms with Crippen molar-refractivity contribution in [1.82, 2.24) is 4.90 Å². The van der Waals surface area contributed by atoms with E-state index in [0.717, 1.165) is 17.8 Å². The van der Waals surface area contributed by atoms with Crippen molar-refractivity contribution in [1.29, 1.82) is 0 Å². The summed E-state index contributed by atoms with van der Waals surface area (Å²) in [5, 5.41) is 0. The summed E-state index contributed by atoms with van der Waals surface area (Å²) < 4.78 is 0. The van der Waals surface area contributed by atoms with Gasteiger partial charge in [0.05, 0.1) is 0 Å². The maximum Gasteiger partial charge on any atom is 0.00131 e. The third-order valence-corrected chi connectivity index (χ3v) is 4.05. The van der Waals surface area contributed by atoms with E-state index < -0.39 is 0 Å². The van der Waals surface area contributed by atoms with E-state index in [4.69, 9.17) is 0 Å². The van der Waals surface area contributed by atoms with Crippen molar-refractivity contribution < 1.29 is 0 Å². The first-order valence-corrected chi connectivity index (χ1v) is 6.66. The highest BCUT2D eigenvalue weighted by Crippen LogP contribution is 2.45. The molecule has 2 aliphatic rings. The first kappa shape index (κ1) is 11.2. The molecule has 0 bridgehead atoms. The molecule has 1 aliphatic heterocycles. The molecule has 1 heteroatoms. The number of nitrogens with zero attached hydrogens (tertiary/aromatic N) is 1. The van der Waals surface area contributed by atoms with E-state index in [0.29, 0.717) is 0 Å². The number of piperidine rings is 1. The van der Waals surface area contributed by atoms with E-state index in [-0.39, 0.29) is 0 Å². The Morgan fingerprint density at radius 2 is 2.07 bits per heavy atom. The van der Waals surface area contributed by atoms with Crippen LogP contribution < -0.4 is 0 Å². The number of fused-ring (bicyclic) bond motifs is 1. The zero-order chi connectivity index (χ0) is 10.7. The normalized spacial score (nSPS) is 31.3. The predicted octanol–water partition coefficient (Wildman–Crippen LogP) is 3.32. The van der Waals surface area contributed by atoms with Crippen molar-refractivity contribution in [2.45, 2.75) is 39.0 Å². The van der Waals surface area contributed by atoms with Crippen molar-refractivity contribution in [2.75, 3.05) is 19.6 Å². The van der Waals surface area contributed by atoms with Crippen LogP contribution >= 0.6 is 0 Å². The molecule has 3 atom stereocenters. The largest absolute Gasteiger partial charge is 0.302 e. The van der Waals surface area contributed by atoms with Crippen LogP contribution in [0, 0.1) is 17.8 Å². The molecule has 86 valence electrons. The third-order valence-electron chi connectivity index (χ3n) is 4.05. The number of hydrogen-bond acceptors (Lipinski definition) is 1. The fourth-order valence-electron chi connectivity index (χ4n) is 3.10. The predicted molar refractivity (Wildman–Crippen MR) is 65.9 cm³/mol. The summed E-state index contributed by atoms with van der Waals surface area (Å²) in [5.41, 5.74) is 0. The molecule has 0 aromatic heterocycles. The quantitative estimate of drug-likeness (QED) is 0.579. The van der Waals surface area contributed by atoms with Gasteiger partial charge < -0.3 is 4.90 Å². The van der Waals surface area contributed by atoms with Gasteiger partial charge in [-0.2, -0.15) is 0 Å². The Morgan fingerprint density at radius 3 is 2.67 bits per heavy atom. The van der Waals surface area contributed by atoms with Gasteiger partial charge in [-0.1, -0.05) is 19.4 Å². The Bertz CT molecular complexity index is 201. The van der Waals surface area contributed by atoms with Gasteiger partial charge in [-0.3, -0.25) is 0 Å². The highest BCUT2D eigenvalue weighted by Gasteiger charge is 2.44. The lowest BCUT2D eigenvalue weighted by molar-refractivity contribution is 0.238. The second kappa shape index (κ2) is 5.16. The molecule has 15 heavy (non-hydrogen) atoms. The minimum absolute atomic E-state index is 0.922. The summed E-state index contributed by atoms with van der Waals surface area (Å²) >= 11 is 0. The Hall–Kier alpha value is -0.300. The minimum atomic E-state index is 0.922. The first-order chi connectivity index (χ1) is 7.33. The Kier molecular flexibility index (Phi) is 3.85. The van der Waals surface area contributed by atoms with Crippen molar-refractivity contribution >= 4 is 0 Å². The van der Waals surface area contributed by atoms with Gasteiger partial charge in [0.25, 0.3) is 0 Å². The summed E-state index contributed by atoms with van der Waals surface area (Å²) in [6.07, 6.45) is 8.89. The molecule has 1 saturated heterocycles. The van der Waals surface area contributed by atoms with Crippen LogP contribution in [0.2, 0.25) is 0 Å². The molecule has 2 fully saturated rings. The Labute approximate surface area is 94.5 Å². The number of allylic oxidation sites excluding steroid dienone is 1. The average molecular weight is 207 g/mol. The molecular weight excluding hydrogens is 182 g/mol. The first-order valence-electron chi connectivity index (χ1n) is 6.66. The molecule has 2 rings (SSSR count). The van der Waals surface area contributed by atoms with Gasteiger partial charge in [0.15, 0.2) is 0 Å². The van der Waals surface area contributed by atoms with Gasteiger partial charge in [0, 0.05) is 19.6 Å². The Balaban J connectivity index is 1.70. The molecular formula is C14H25N. The molecule has 1 saturated carbocycles. The van der Waals surface area contributed by atoms with Crippen LogP contribution in [0.15, 0.2) is 12.7 Å². The highest BCUT2D eigenvalue weighted by atomic mass is 15.2. The summed E-state index contributed by atoms with van der Waals surface area (Å²) in [6, 6.07) is 0. The summed E-state index contributed by atoms with van der Waals surface area (Å²) in [5.74, 6) is 3.10. The van der Waals surface area contributed by atoms with Gasteiger partial charge in [-0.05, 0) is 43.4 Å². The van der Waals surface area contributed by atoms with Gasteiger partial charge in [-0.15, -0.1) is 6.58 Å². The van der Waals surface area contributed by atoms with Gasteiger partial charge in [0.1, 0.15) is 0 Å². The van der Waals surface area contributed by atoms with Crippen molar-refractivity contribution in [2.24, 2.45) is 17.8 Å². The third kappa shape index (κ3) is 3.07. The van der Waals surface area contributed by atoms with E-state index >= 15 is 0 Å². The van der Waals surface area contributed by atoms with Crippen LogP contribution in [-0.4, -0.2) is 24.5 Å². The maximum atomic E-state index is 3.83. The van der Waals surface area contributed by atoms with Crippen molar-refractivity contribution in [3.8, 4) is 0 Å². The monoisotopic (exact) mass is 207 g/mol. The molecule has 0 radical (unpaired) electrons. The van der Waals surface area contributed by atoms with Crippen LogP contribution in [0.4, 0.5) is 0 Å². The second-order valence-corrected chi connectivity index (χ2v) is 5.50. The molecule has 0 spiro atoms. The van der Waals surface area contributed by atoms with Crippen LogP contribution in [0.1, 0.15) is 39.0 Å². The smallest absolute Gasteiger partial charge is 0.00131 e. The van der Waals surface area contributed by atoms with E-state index in [1.807, 2.05) is 0 Å². The standard InChI is InChI=1S/C14H25N/c1-3-5-7-12(6-4-2)9-15-10-13-8-14(13)11-15/h3,12-14H,1,4-11H2,2H3. The molecule has 1 heterocycles. The molecule has 1 nitrogen and oxygen atoms in total. The zero-order valence-electron chi connectivity index (χ0n) is 10.1. The fraction of sp³-hybridized carbons (Fsp3) is 0.857. The zero-order valence-corrected chi connectivity index (χ0v) is 10.1. The van der Waals surface area contributed by atoms with Crippen molar-refractivity contribution in [3.63, 3.8) is 0 Å². The van der Waals surface area contributed by atoms with Gasteiger partial charge in [-0.25, -0.2) is 0 Å². The minimum Gasteiger partial charge on any atom is -0.302 e. The van der Waals surface area contributed by atoms with E-state index in [9.17, 15) is 0 Å². The van der Waals surface area contributed by atoms with Gasteiger partial charge >= 0.3 is 0 Å². The van der Waals surface area contributed by atoms with Crippen LogP contribution in [0.25, 0.3) is 0 Å². The Morgan fingerprint density at radius 1 is 1.33 bits per heavy atom. The number of rotatable bonds is 7. The average Bonchev–Trinajstić information content (AvgIpc) is 2.84. The lowest BCUT2D eigenvalue weighted by atomic mass is 9.97. The molecule has 0 amide bonds. The molecule has 0 aromatic rings. The molecule has 3 unspecified atom stereocenters. The van der Waals surface area contributed by atoms with E-state index in [1.54, 1.807) is 0 Å². The number of hydrogen-bond donors (Lipinski definition) is 0. The lowest BCUT2D eigenvalue weighted by Gasteiger charge is -2.24. The van der Waals surface area contributed by atoms with Crippen molar-refractivity contribution in [3.05, 3.63) is 12.7 Å². The summed E-state index contributed by atoms with van der Waals surface area (Å²) in [7, 11) is 0. The molecule has 0 aromatic carbocycles. The molecule has 1 aliphatic carbocycles. The second-order valence-electron chi connectivity index (χ2n) is 5.50. The topological polar surface area (TPSA) is 3.24 Å².